The first-order valence-electron chi connectivity index (χ1n) is 7.08. The maximum atomic E-state index is 10.6. The van der Waals surface area contributed by atoms with Crippen LogP contribution >= 0.6 is 11.6 Å². The molecule has 0 amide bonds. The lowest BCUT2D eigenvalue weighted by molar-refractivity contribution is 0.220. The van der Waals surface area contributed by atoms with Gasteiger partial charge in [0.05, 0.1) is 0 Å². The van der Waals surface area contributed by atoms with E-state index in [-0.39, 0.29) is 0 Å². The quantitative estimate of drug-likeness (QED) is 0.543. The number of aliphatic hydroxyl groups is 1. The number of fused-ring (bicyclic) bond motifs is 3. The van der Waals surface area contributed by atoms with Gasteiger partial charge in [-0.05, 0) is 23.8 Å². The highest BCUT2D eigenvalue weighted by Gasteiger charge is 2.15. The molecule has 108 valence electrons. The van der Waals surface area contributed by atoms with Gasteiger partial charge in [-0.3, -0.25) is 0 Å². The topological polar surface area (TPSA) is 33.4 Å². The van der Waals surface area contributed by atoms with Crippen LogP contribution in [0, 0.1) is 0 Å². The van der Waals surface area contributed by atoms with Gasteiger partial charge in [0.25, 0.3) is 0 Å². The van der Waals surface area contributed by atoms with Gasteiger partial charge in [0.15, 0.2) is 0 Å². The van der Waals surface area contributed by atoms with Gasteiger partial charge in [-0.15, -0.1) is 0 Å². The Morgan fingerprint density at radius 1 is 0.818 bits per heavy atom. The SMILES string of the molecule is O[C@@H](c1ccc2c(c1)oc1ccccc12)c1ccccc1Cl. The molecule has 0 aliphatic rings. The molecular weight excluding hydrogens is 296 g/mol. The van der Waals surface area contributed by atoms with Gasteiger partial charge in [0, 0.05) is 21.4 Å². The molecule has 4 aromatic rings. The molecule has 0 saturated carbocycles. The Morgan fingerprint density at radius 2 is 1.55 bits per heavy atom. The fraction of sp³-hybridized carbons (Fsp3) is 0.0526. The summed E-state index contributed by atoms with van der Waals surface area (Å²) in [5, 5.41) is 13.3. The molecule has 1 N–H and O–H groups in total. The normalized spacial score (nSPS) is 12.8. The minimum atomic E-state index is -0.772. The maximum Gasteiger partial charge on any atom is 0.135 e. The van der Waals surface area contributed by atoms with E-state index in [0.717, 1.165) is 27.5 Å². The highest BCUT2D eigenvalue weighted by Crippen LogP contribution is 2.33. The Kier molecular flexibility index (Phi) is 3.14. The van der Waals surface area contributed by atoms with E-state index in [1.807, 2.05) is 60.7 Å². The lowest BCUT2D eigenvalue weighted by atomic mass is 10.00. The molecule has 0 aliphatic carbocycles. The van der Waals surface area contributed by atoms with E-state index in [4.69, 9.17) is 16.0 Å². The fourth-order valence-electron chi connectivity index (χ4n) is 2.79. The zero-order valence-corrected chi connectivity index (χ0v) is 12.4. The summed E-state index contributed by atoms with van der Waals surface area (Å²) >= 11 is 6.17. The molecule has 0 radical (unpaired) electrons. The summed E-state index contributed by atoms with van der Waals surface area (Å²) in [6, 6.07) is 21.0. The van der Waals surface area contributed by atoms with Crippen molar-refractivity contribution in [3.63, 3.8) is 0 Å². The number of para-hydroxylation sites is 1. The summed E-state index contributed by atoms with van der Waals surface area (Å²) < 4.78 is 5.87. The largest absolute Gasteiger partial charge is 0.456 e. The Balaban J connectivity index is 1.86. The second-order valence-corrected chi connectivity index (χ2v) is 5.69. The summed E-state index contributed by atoms with van der Waals surface area (Å²) in [5.74, 6) is 0. The van der Waals surface area contributed by atoms with Crippen molar-refractivity contribution in [2.45, 2.75) is 6.10 Å². The van der Waals surface area contributed by atoms with E-state index < -0.39 is 6.10 Å². The third kappa shape index (κ3) is 2.08. The minimum absolute atomic E-state index is 0.555. The average Bonchev–Trinajstić information content (AvgIpc) is 2.92. The molecule has 1 heterocycles. The third-order valence-electron chi connectivity index (χ3n) is 3.92. The number of aliphatic hydroxyl groups excluding tert-OH is 1. The predicted molar refractivity (Wildman–Crippen MR) is 89.2 cm³/mol. The number of benzene rings is 3. The van der Waals surface area contributed by atoms with Crippen LogP contribution in [-0.2, 0) is 0 Å². The van der Waals surface area contributed by atoms with Crippen molar-refractivity contribution in [3.8, 4) is 0 Å². The van der Waals surface area contributed by atoms with Gasteiger partial charge in [0.1, 0.15) is 17.3 Å². The van der Waals surface area contributed by atoms with Gasteiger partial charge >= 0.3 is 0 Å². The van der Waals surface area contributed by atoms with Crippen LogP contribution in [0.15, 0.2) is 71.1 Å². The molecule has 0 aliphatic heterocycles. The van der Waals surface area contributed by atoms with Crippen LogP contribution in [-0.4, -0.2) is 5.11 Å². The first-order chi connectivity index (χ1) is 10.7. The standard InChI is InChI=1S/C19H13ClO2/c20-16-7-3-1-6-15(16)19(21)12-9-10-14-13-5-2-4-8-17(13)22-18(14)11-12/h1-11,19,21H/t19-/m0/s1. The van der Waals surface area contributed by atoms with Crippen LogP contribution in [0.2, 0.25) is 5.02 Å². The van der Waals surface area contributed by atoms with E-state index >= 15 is 0 Å². The summed E-state index contributed by atoms with van der Waals surface area (Å²) in [7, 11) is 0. The molecule has 1 atom stereocenters. The van der Waals surface area contributed by atoms with E-state index in [0.29, 0.717) is 10.6 Å². The second-order valence-electron chi connectivity index (χ2n) is 5.28. The lowest BCUT2D eigenvalue weighted by Gasteiger charge is -2.12. The number of furan rings is 1. The second kappa shape index (κ2) is 5.16. The molecule has 3 heteroatoms. The molecule has 1 aromatic heterocycles. The van der Waals surface area contributed by atoms with Crippen LogP contribution in [0.25, 0.3) is 21.9 Å². The predicted octanol–water partition coefficient (Wildman–Crippen LogP) is 5.32. The van der Waals surface area contributed by atoms with Gasteiger partial charge < -0.3 is 9.52 Å². The Labute approximate surface area is 132 Å². The van der Waals surface area contributed by atoms with Crippen molar-refractivity contribution in [2.24, 2.45) is 0 Å². The van der Waals surface area contributed by atoms with Crippen molar-refractivity contribution in [2.75, 3.05) is 0 Å². The molecule has 0 unspecified atom stereocenters. The van der Waals surface area contributed by atoms with E-state index in [9.17, 15) is 5.11 Å². The molecule has 3 aromatic carbocycles. The summed E-state index contributed by atoms with van der Waals surface area (Å²) in [6.45, 7) is 0. The monoisotopic (exact) mass is 308 g/mol. The van der Waals surface area contributed by atoms with Crippen LogP contribution < -0.4 is 0 Å². The van der Waals surface area contributed by atoms with Crippen molar-refractivity contribution in [3.05, 3.63) is 82.9 Å². The molecule has 0 bridgehead atoms. The first-order valence-corrected chi connectivity index (χ1v) is 7.45. The highest BCUT2D eigenvalue weighted by atomic mass is 35.5. The fourth-order valence-corrected chi connectivity index (χ4v) is 3.03. The molecule has 2 nitrogen and oxygen atoms in total. The molecule has 22 heavy (non-hydrogen) atoms. The summed E-state index contributed by atoms with van der Waals surface area (Å²) in [5.41, 5.74) is 3.07. The molecular formula is C19H13ClO2. The number of halogens is 1. The average molecular weight is 309 g/mol. The van der Waals surface area contributed by atoms with Crippen molar-refractivity contribution in [1.29, 1.82) is 0 Å². The maximum absolute atomic E-state index is 10.6. The zero-order chi connectivity index (χ0) is 15.1. The van der Waals surface area contributed by atoms with E-state index in [1.54, 1.807) is 6.07 Å². The van der Waals surface area contributed by atoms with E-state index in [2.05, 4.69) is 0 Å². The number of rotatable bonds is 2. The van der Waals surface area contributed by atoms with Crippen LogP contribution in [0.5, 0.6) is 0 Å². The van der Waals surface area contributed by atoms with Gasteiger partial charge in [-0.25, -0.2) is 0 Å². The number of hydrogen-bond donors (Lipinski definition) is 1. The molecule has 0 saturated heterocycles. The van der Waals surface area contributed by atoms with Crippen LogP contribution in [0.3, 0.4) is 0 Å². The van der Waals surface area contributed by atoms with Gasteiger partial charge in [-0.1, -0.05) is 60.1 Å². The summed E-state index contributed by atoms with van der Waals surface area (Å²) in [4.78, 5) is 0. The molecule has 0 fully saturated rings. The third-order valence-corrected chi connectivity index (χ3v) is 4.26. The Bertz CT molecular complexity index is 971. The Morgan fingerprint density at radius 3 is 2.41 bits per heavy atom. The van der Waals surface area contributed by atoms with Gasteiger partial charge in [-0.2, -0.15) is 0 Å². The summed E-state index contributed by atoms with van der Waals surface area (Å²) in [6.07, 6.45) is -0.772. The molecule has 0 spiro atoms. The minimum Gasteiger partial charge on any atom is -0.456 e. The Hall–Kier alpha value is -2.29. The van der Waals surface area contributed by atoms with Crippen LogP contribution in [0.1, 0.15) is 17.2 Å². The van der Waals surface area contributed by atoms with Crippen molar-refractivity contribution in [1.82, 2.24) is 0 Å². The van der Waals surface area contributed by atoms with E-state index in [1.165, 1.54) is 0 Å². The van der Waals surface area contributed by atoms with Crippen molar-refractivity contribution < 1.29 is 9.52 Å². The smallest absolute Gasteiger partial charge is 0.135 e. The van der Waals surface area contributed by atoms with Gasteiger partial charge in [0.2, 0.25) is 0 Å². The first kappa shape index (κ1) is 13.4. The van der Waals surface area contributed by atoms with Crippen LogP contribution in [0.4, 0.5) is 0 Å². The lowest BCUT2D eigenvalue weighted by Crippen LogP contribution is -2.00. The zero-order valence-electron chi connectivity index (χ0n) is 11.7. The number of hydrogen-bond acceptors (Lipinski definition) is 2. The molecule has 4 rings (SSSR count). The highest BCUT2D eigenvalue weighted by molar-refractivity contribution is 6.31. The van der Waals surface area contributed by atoms with Crippen molar-refractivity contribution >= 4 is 33.5 Å².